The Morgan fingerprint density at radius 3 is 1.44 bits per heavy atom. The Morgan fingerprint density at radius 2 is 0.956 bits per heavy atom. The van der Waals surface area contributed by atoms with Crippen molar-refractivity contribution >= 4 is 7.12 Å². The molecule has 226 valence electrons. The Balaban J connectivity index is 1.32. The first kappa shape index (κ1) is 29.6. The van der Waals surface area contributed by atoms with Crippen molar-refractivity contribution in [2.75, 3.05) is 0 Å². The quantitative estimate of drug-likeness (QED) is 0.184. The van der Waals surface area contributed by atoms with Gasteiger partial charge < -0.3 is 9.31 Å². The molecule has 0 radical (unpaired) electrons. The molecule has 7 rings (SSSR count). The molecule has 45 heavy (non-hydrogen) atoms. The summed E-state index contributed by atoms with van der Waals surface area (Å²) in [5, 5.41) is 0. The van der Waals surface area contributed by atoms with Crippen molar-refractivity contribution in [3.63, 3.8) is 0 Å². The van der Waals surface area contributed by atoms with Crippen LogP contribution in [0.4, 0.5) is 0 Å². The molecule has 1 saturated carbocycles. The molecule has 0 spiro atoms. The second-order valence-electron chi connectivity index (χ2n) is 13.4. The van der Waals surface area contributed by atoms with E-state index in [1.165, 1.54) is 11.1 Å². The van der Waals surface area contributed by atoms with Crippen molar-refractivity contribution in [3.8, 4) is 34.2 Å². The smallest absolute Gasteiger partial charge is 0.403 e. The van der Waals surface area contributed by atoms with Gasteiger partial charge in [0.1, 0.15) is 0 Å². The molecule has 0 bridgehead atoms. The van der Waals surface area contributed by atoms with E-state index in [9.17, 15) is 0 Å². The summed E-state index contributed by atoms with van der Waals surface area (Å²) < 4.78 is 13.5. The van der Waals surface area contributed by atoms with E-state index in [-0.39, 0.29) is 29.6 Å². The van der Waals surface area contributed by atoms with Gasteiger partial charge in [-0.1, -0.05) is 135 Å². The second kappa shape index (κ2) is 11.7. The highest BCUT2D eigenvalue weighted by molar-refractivity contribution is 6.48. The largest absolute Gasteiger partial charge is 0.462 e. The van der Waals surface area contributed by atoms with Gasteiger partial charge in [0.05, 0.1) is 11.2 Å². The van der Waals surface area contributed by atoms with Gasteiger partial charge in [-0.05, 0) is 45.2 Å². The highest BCUT2D eigenvalue weighted by Crippen LogP contribution is 2.56. The molecule has 5 aromatic rings. The maximum Gasteiger partial charge on any atom is 0.462 e. The molecule has 4 aromatic carbocycles. The zero-order valence-corrected chi connectivity index (χ0v) is 26.6. The summed E-state index contributed by atoms with van der Waals surface area (Å²) in [6.45, 7) is 8.60. The van der Waals surface area contributed by atoms with E-state index in [2.05, 4.69) is 82.3 Å². The molecule has 1 aromatic heterocycles. The van der Waals surface area contributed by atoms with Crippen LogP contribution in [-0.2, 0) is 14.7 Å². The van der Waals surface area contributed by atoms with E-state index in [0.29, 0.717) is 17.5 Å². The zero-order valence-electron chi connectivity index (χ0n) is 26.6. The maximum absolute atomic E-state index is 6.76. The normalized spacial score (nSPS) is 22.3. The number of nitrogens with zero attached hydrogens (tertiary/aromatic N) is 3. The third-order valence-electron chi connectivity index (χ3n) is 10.2. The van der Waals surface area contributed by atoms with E-state index in [4.69, 9.17) is 24.3 Å². The Morgan fingerprint density at radius 1 is 0.533 bits per heavy atom. The molecule has 2 aliphatic rings. The van der Waals surface area contributed by atoms with E-state index < -0.39 is 0 Å². The third kappa shape index (κ3) is 5.40. The lowest BCUT2D eigenvalue weighted by molar-refractivity contribution is 0.00578. The Kier molecular flexibility index (Phi) is 7.67. The van der Waals surface area contributed by atoms with Gasteiger partial charge in [-0.3, -0.25) is 0 Å². The lowest BCUT2D eigenvalue weighted by atomic mass is 9.47. The molecule has 2 fully saturated rings. The lowest BCUT2D eigenvalue weighted by Crippen LogP contribution is -2.44. The van der Waals surface area contributed by atoms with Gasteiger partial charge in [0.2, 0.25) is 0 Å². The van der Waals surface area contributed by atoms with Crippen LogP contribution < -0.4 is 0 Å². The van der Waals surface area contributed by atoms with Gasteiger partial charge in [0, 0.05) is 27.9 Å². The first-order chi connectivity index (χ1) is 21.8. The minimum Gasteiger partial charge on any atom is -0.403 e. The first-order valence-electron chi connectivity index (χ1n) is 16.2. The molecule has 5 nitrogen and oxygen atoms in total. The van der Waals surface area contributed by atoms with Crippen molar-refractivity contribution in [2.24, 2.45) is 0 Å². The highest BCUT2D eigenvalue weighted by Gasteiger charge is 2.59. The Labute approximate surface area is 267 Å². The third-order valence-corrected chi connectivity index (χ3v) is 10.2. The minimum atomic E-state index is -0.382. The van der Waals surface area contributed by atoms with Crippen molar-refractivity contribution in [1.29, 1.82) is 0 Å². The Bertz CT molecular complexity index is 1690. The van der Waals surface area contributed by atoms with Crippen LogP contribution in [0.5, 0.6) is 0 Å². The SMILES string of the molecule is CC1(C)OB(C2CCCCC2(c2ccccc2)c2ccc(-c3nc(-c4ccccc4)nc(-c4ccccc4)n3)cc2)OC1(C)C. The van der Waals surface area contributed by atoms with Crippen LogP contribution in [0.3, 0.4) is 0 Å². The molecular weight excluding hydrogens is 553 g/mol. The number of hydrogen-bond acceptors (Lipinski definition) is 5. The van der Waals surface area contributed by atoms with E-state index in [0.717, 1.165) is 42.4 Å². The summed E-state index contributed by atoms with van der Waals surface area (Å²) in [4.78, 5) is 14.8. The fraction of sp³-hybridized carbons (Fsp3) is 0.308. The summed E-state index contributed by atoms with van der Waals surface area (Å²) >= 11 is 0. The average molecular weight is 594 g/mol. The average Bonchev–Trinajstić information content (AvgIpc) is 3.31. The summed E-state index contributed by atoms with van der Waals surface area (Å²) in [5.74, 6) is 2.16. The fourth-order valence-corrected chi connectivity index (χ4v) is 7.09. The number of rotatable bonds is 6. The number of benzene rings is 4. The summed E-state index contributed by atoms with van der Waals surface area (Å²) in [6, 6.07) is 40.1. The van der Waals surface area contributed by atoms with Gasteiger partial charge >= 0.3 is 7.12 Å². The van der Waals surface area contributed by atoms with Crippen molar-refractivity contribution in [1.82, 2.24) is 15.0 Å². The monoisotopic (exact) mass is 593 g/mol. The van der Waals surface area contributed by atoms with Crippen LogP contribution in [0, 0.1) is 0 Å². The molecule has 2 unspecified atom stereocenters. The molecule has 6 heteroatoms. The molecule has 1 aliphatic heterocycles. The predicted molar refractivity (Wildman–Crippen MR) is 182 cm³/mol. The van der Waals surface area contributed by atoms with Crippen molar-refractivity contribution in [2.45, 2.75) is 75.8 Å². The fourth-order valence-electron chi connectivity index (χ4n) is 7.09. The highest BCUT2D eigenvalue weighted by atomic mass is 16.7. The molecule has 2 atom stereocenters. The molecular formula is C39H40BN3O2. The maximum atomic E-state index is 6.76. The summed E-state index contributed by atoms with van der Waals surface area (Å²) in [7, 11) is -0.291. The predicted octanol–water partition coefficient (Wildman–Crippen LogP) is 9.20. The second-order valence-corrected chi connectivity index (χ2v) is 13.4. The van der Waals surface area contributed by atoms with Crippen LogP contribution in [0.2, 0.25) is 5.82 Å². The molecule has 1 saturated heterocycles. The van der Waals surface area contributed by atoms with Gasteiger partial charge in [0.15, 0.2) is 17.5 Å². The van der Waals surface area contributed by atoms with Crippen LogP contribution in [-0.4, -0.2) is 33.3 Å². The van der Waals surface area contributed by atoms with Gasteiger partial charge in [-0.15, -0.1) is 0 Å². The van der Waals surface area contributed by atoms with Gasteiger partial charge in [-0.2, -0.15) is 0 Å². The standard InChI is InChI=1S/C39H40BN3O2/c1-37(2)38(3,4)45-40(44-37)33-22-14-15-27-39(33,31-20-12-7-13-21-31)32-25-23-30(24-26-32)36-42-34(28-16-8-5-9-17-28)41-35(43-36)29-18-10-6-11-19-29/h5-13,16-21,23-26,33H,14-15,22,27H2,1-4H3. The summed E-state index contributed by atoms with van der Waals surface area (Å²) in [6.07, 6.45) is 4.40. The molecule has 2 heterocycles. The van der Waals surface area contributed by atoms with Crippen molar-refractivity contribution in [3.05, 3.63) is 126 Å². The van der Waals surface area contributed by atoms with E-state index in [1.54, 1.807) is 0 Å². The number of aromatic nitrogens is 3. The van der Waals surface area contributed by atoms with Gasteiger partial charge in [0.25, 0.3) is 0 Å². The summed E-state index contributed by atoms with van der Waals surface area (Å²) in [5.41, 5.74) is 4.47. The number of hydrogen-bond donors (Lipinski definition) is 0. The lowest BCUT2D eigenvalue weighted by Gasteiger charge is -2.46. The van der Waals surface area contributed by atoms with Crippen LogP contribution in [0.25, 0.3) is 34.2 Å². The minimum absolute atomic E-state index is 0.173. The topological polar surface area (TPSA) is 57.1 Å². The van der Waals surface area contributed by atoms with Gasteiger partial charge in [-0.25, -0.2) is 15.0 Å². The molecule has 1 aliphatic carbocycles. The zero-order chi connectivity index (χ0) is 31.1. The molecule has 0 N–H and O–H groups in total. The first-order valence-corrected chi connectivity index (χ1v) is 16.2. The van der Waals surface area contributed by atoms with E-state index >= 15 is 0 Å². The van der Waals surface area contributed by atoms with Crippen molar-refractivity contribution < 1.29 is 9.31 Å². The van der Waals surface area contributed by atoms with Crippen LogP contribution in [0.15, 0.2) is 115 Å². The molecule has 0 amide bonds. The van der Waals surface area contributed by atoms with Crippen LogP contribution in [0.1, 0.15) is 64.5 Å². The van der Waals surface area contributed by atoms with Crippen LogP contribution >= 0.6 is 0 Å². The Hall–Kier alpha value is -4.13. The van der Waals surface area contributed by atoms with E-state index in [1.807, 2.05) is 60.7 Å².